The smallest absolute Gasteiger partial charge is 0.258 e. The summed E-state index contributed by atoms with van der Waals surface area (Å²) in [4.78, 5) is 25.7. The van der Waals surface area contributed by atoms with Crippen LogP contribution in [0, 0.1) is 0 Å². The van der Waals surface area contributed by atoms with Crippen molar-refractivity contribution in [2.45, 2.75) is 25.3 Å². The zero-order valence-corrected chi connectivity index (χ0v) is 15.6. The summed E-state index contributed by atoms with van der Waals surface area (Å²) in [6, 6.07) is 4.88. The Balaban J connectivity index is 1.70. The van der Waals surface area contributed by atoms with E-state index in [0.29, 0.717) is 41.9 Å². The Hall–Kier alpha value is -1.50. The maximum atomic E-state index is 12.0. The van der Waals surface area contributed by atoms with E-state index in [1.165, 1.54) is 0 Å². The van der Waals surface area contributed by atoms with Crippen molar-refractivity contribution in [2.75, 3.05) is 33.4 Å². The van der Waals surface area contributed by atoms with E-state index < -0.39 is 0 Å². The van der Waals surface area contributed by atoms with Gasteiger partial charge >= 0.3 is 0 Å². The van der Waals surface area contributed by atoms with Crippen LogP contribution in [-0.4, -0.2) is 56.2 Å². The second-order valence-electron chi connectivity index (χ2n) is 5.83. The highest BCUT2D eigenvalue weighted by Gasteiger charge is 2.23. The molecule has 0 radical (unpaired) electrons. The molecule has 1 heterocycles. The molecule has 1 aromatic carbocycles. The minimum absolute atomic E-state index is 0.0447. The van der Waals surface area contributed by atoms with Crippen molar-refractivity contribution in [2.24, 2.45) is 0 Å². The van der Waals surface area contributed by atoms with Crippen molar-refractivity contribution in [3.8, 4) is 5.75 Å². The highest BCUT2D eigenvalue weighted by atomic mass is 35.5. The number of nitrogens with zero attached hydrogens (tertiary/aromatic N) is 1. The normalized spacial score (nSPS) is 15.1. The highest BCUT2D eigenvalue weighted by Crippen LogP contribution is 2.27. The molecule has 0 unspecified atom stereocenters. The summed E-state index contributed by atoms with van der Waals surface area (Å²) < 4.78 is 10.3. The lowest BCUT2D eigenvalue weighted by molar-refractivity contribution is -0.133. The molecule has 0 aromatic heterocycles. The molecule has 0 saturated carbocycles. The predicted octanol–water partition coefficient (Wildman–Crippen LogP) is 2.52. The molecule has 0 spiro atoms. The van der Waals surface area contributed by atoms with Gasteiger partial charge in [-0.2, -0.15) is 0 Å². The van der Waals surface area contributed by atoms with Gasteiger partial charge in [0.05, 0.1) is 18.1 Å². The molecule has 1 fully saturated rings. The van der Waals surface area contributed by atoms with Crippen molar-refractivity contribution in [3.05, 3.63) is 28.2 Å². The van der Waals surface area contributed by atoms with Gasteiger partial charge in [-0.1, -0.05) is 23.2 Å². The lowest BCUT2D eigenvalue weighted by atomic mass is 10.0. The zero-order valence-electron chi connectivity index (χ0n) is 14.1. The van der Waals surface area contributed by atoms with E-state index in [4.69, 9.17) is 32.7 Å². The molecule has 1 aliphatic rings. The molecule has 2 amide bonds. The second kappa shape index (κ2) is 9.85. The maximum absolute atomic E-state index is 12.0. The van der Waals surface area contributed by atoms with E-state index in [9.17, 15) is 9.59 Å². The number of carbonyl (C=O) groups excluding carboxylic acids is 2. The number of hydrogen-bond acceptors (Lipinski definition) is 4. The van der Waals surface area contributed by atoms with E-state index in [1.807, 2.05) is 4.90 Å². The van der Waals surface area contributed by atoms with Crippen LogP contribution in [-0.2, 0) is 14.3 Å². The molecule has 8 heteroatoms. The molecule has 25 heavy (non-hydrogen) atoms. The largest absolute Gasteiger partial charge is 0.482 e. The number of benzene rings is 1. The molecular weight excluding hydrogens is 367 g/mol. The first-order valence-corrected chi connectivity index (χ1v) is 8.89. The number of nitrogens with one attached hydrogen (secondary N) is 1. The van der Waals surface area contributed by atoms with Gasteiger partial charge in [0.25, 0.3) is 5.91 Å². The summed E-state index contributed by atoms with van der Waals surface area (Å²) in [5.41, 5.74) is 0. The number of halogens is 2. The zero-order chi connectivity index (χ0) is 18.2. The van der Waals surface area contributed by atoms with E-state index in [1.54, 1.807) is 25.3 Å². The molecule has 0 bridgehead atoms. The molecule has 0 atom stereocenters. The first kappa shape index (κ1) is 19.8. The number of likely N-dealkylation sites (tertiary alicyclic amines) is 1. The minimum Gasteiger partial charge on any atom is -0.482 e. The first-order valence-electron chi connectivity index (χ1n) is 8.13. The number of rotatable bonds is 7. The molecular formula is C17H22Cl2N2O4. The Bertz CT molecular complexity index is 604. The summed E-state index contributed by atoms with van der Waals surface area (Å²) >= 11 is 11.8. The van der Waals surface area contributed by atoms with Crippen molar-refractivity contribution >= 4 is 35.0 Å². The fraction of sp³-hybridized carbons (Fsp3) is 0.529. The van der Waals surface area contributed by atoms with E-state index in [0.717, 1.165) is 12.8 Å². The molecule has 138 valence electrons. The summed E-state index contributed by atoms with van der Waals surface area (Å²) in [5.74, 6) is 0.294. The van der Waals surface area contributed by atoms with Gasteiger partial charge in [-0.25, -0.2) is 0 Å². The topological polar surface area (TPSA) is 67.9 Å². The standard InChI is InChI=1S/C17H22Cl2N2O4/c1-24-9-6-17(23)21-7-4-13(5-8-21)20-16(22)11-25-15-3-2-12(18)10-14(15)19/h2-3,10,13H,4-9,11H2,1H3,(H,20,22). The molecule has 1 aromatic rings. The lowest BCUT2D eigenvalue weighted by Gasteiger charge is -2.32. The van der Waals surface area contributed by atoms with Crippen LogP contribution in [0.5, 0.6) is 5.75 Å². The monoisotopic (exact) mass is 388 g/mol. The minimum atomic E-state index is -0.213. The van der Waals surface area contributed by atoms with Gasteiger partial charge < -0.3 is 19.7 Å². The van der Waals surface area contributed by atoms with Gasteiger partial charge in [-0.15, -0.1) is 0 Å². The van der Waals surface area contributed by atoms with Crippen LogP contribution in [0.3, 0.4) is 0 Å². The van der Waals surface area contributed by atoms with Gasteiger partial charge in [0, 0.05) is 31.3 Å². The summed E-state index contributed by atoms with van der Waals surface area (Å²) in [5, 5.41) is 3.80. The Morgan fingerprint density at radius 2 is 2.00 bits per heavy atom. The lowest BCUT2D eigenvalue weighted by Crippen LogP contribution is -2.47. The molecule has 1 aliphatic heterocycles. The van der Waals surface area contributed by atoms with Crippen LogP contribution in [0.1, 0.15) is 19.3 Å². The van der Waals surface area contributed by atoms with Crippen LogP contribution in [0.4, 0.5) is 0 Å². The van der Waals surface area contributed by atoms with Crippen LogP contribution < -0.4 is 10.1 Å². The average molecular weight is 389 g/mol. The quantitative estimate of drug-likeness (QED) is 0.778. The summed E-state index contributed by atoms with van der Waals surface area (Å²) in [6.45, 7) is 1.59. The molecule has 1 N–H and O–H groups in total. The van der Waals surface area contributed by atoms with Gasteiger partial charge in [0.1, 0.15) is 5.75 Å². The van der Waals surface area contributed by atoms with Crippen LogP contribution in [0.25, 0.3) is 0 Å². The SMILES string of the molecule is COCCC(=O)N1CCC(NC(=O)COc2ccc(Cl)cc2Cl)CC1. The Kier molecular flexibility index (Phi) is 7.81. The van der Waals surface area contributed by atoms with Crippen LogP contribution in [0.2, 0.25) is 10.0 Å². The third-order valence-corrected chi connectivity index (χ3v) is 4.52. The number of amides is 2. The maximum Gasteiger partial charge on any atom is 0.258 e. The second-order valence-corrected chi connectivity index (χ2v) is 6.67. The van der Waals surface area contributed by atoms with Crippen molar-refractivity contribution in [1.82, 2.24) is 10.2 Å². The highest BCUT2D eigenvalue weighted by molar-refractivity contribution is 6.35. The predicted molar refractivity (Wildman–Crippen MR) is 96.2 cm³/mol. The Morgan fingerprint density at radius 1 is 1.28 bits per heavy atom. The van der Waals surface area contributed by atoms with Crippen molar-refractivity contribution in [1.29, 1.82) is 0 Å². The van der Waals surface area contributed by atoms with Gasteiger partial charge in [0.15, 0.2) is 6.61 Å². The van der Waals surface area contributed by atoms with E-state index >= 15 is 0 Å². The summed E-state index contributed by atoms with van der Waals surface area (Å²) in [6.07, 6.45) is 1.85. The fourth-order valence-electron chi connectivity index (χ4n) is 2.63. The van der Waals surface area contributed by atoms with Crippen molar-refractivity contribution in [3.63, 3.8) is 0 Å². The molecule has 1 saturated heterocycles. The molecule has 2 rings (SSSR count). The first-order chi connectivity index (χ1) is 12.0. The number of ether oxygens (including phenoxy) is 2. The third kappa shape index (κ3) is 6.38. The molecule has 6 nitrogen and oxygen atoms in total. The Morgan fingerprint density at radius 3 is 2.64 bits per heavy atom. The van der Waals surface area contributed by atoms with Crippen molar-refractivity contribution < 1.29 is 19.1 Å². The molecule has 0 aliphatic carbocycles. The average Bonchev–Trinajstić information content (AvgIpc) is 2.59. The van der Waals surface area contributed by atoms with E-state index in [2.05, 4.69) is 5.32 Å². The van der Waals surface area contributed by atoms with Gasteiger partial charge in [-0.05, 0) is 31.0 Å². The Labute approximate surface area is 157 Å². The van der Waals surface area contributed by atoms with Crippen LogP contribution in [0.15, 0.2) is 18.2 Å². The van der Waals surface area contributed by atoms with Crippen LogP contribution >= 0.6 is 23.2 Å². The number of hydrogen-bond donors (Lipinski definition) is 1. The van der Waals surface area contributed by atoms with E-state index in [-0.39, 0.29) is 24.5 Å². The number of piperidine rings is 1. The number of methoxy groups -OCH3 is 1. The number of carbonyl (C=O) groups is 2. The van der Waals surface area contributed by atoms with Gasteiger partial charge in [0.2, 0.25) is 5.91 Å². The third-order valence-electron chi connectivity index (χ3n) is 3.99. The summed E-state index contributed by atoms with van der Waals surface area (Å²) in [7, 11) is 1.58. The van der Waals surface area contributed by atoms with Gasteiger partial charge in [-0.3, -0.25) is 9.59 Å². The fourth-order valence-corrected chi connectivity index (χ4v) is 3.09.